The molecule has 6 nitrogen and oxygen atoms in total. The fraction of sp³-hybridized carbons (Fsp3) is 0.500. The third-order valence-corrected chi connectivity index (χ3v) is 1.09. The van der Waals surface area contributed by atoms with E-state index in [1.165, 1.54) is 0 Å². The van der Waals surface area contributed by atoms with Crippen LogP contribution in [-0.4, -0.2) is 24.8 Å². The quantitative estimate of drug-likeness (QED) is 0.352. The first-order valence-electron chi connectivity index (χ1n) is 2.79. The zero-order valence-electron chi connectivity index (χ0n) is 5.18. The Bertz CT molecular complexity index is 169. The highest BCUT2D eigenvalue weighted by atomic mass is 16.2. The van der Waals surface area contributed by atoms with E-state index < -0.39 is 6.03 Å². The third kappa shape index (κ3) is 1.51. The van der Waals surface area contributed by atoms with E-state index >= 15 is 0 Å². The zero-order valence-corrected chi connectivity index (χ0v) is 5.18. The van der Waals surface area contributed by atoms with Crippen LogP contribution in [0.5, 0.6) is 0 Å². The van der Waals surface area contributed by atoms with Gasteiger partial charge in [-0.1, -0.05) is 0 Å². The van der Waals surface area contributed by atoms with Gasteiger partial charge in [0.1, 0.15) is 6.17 Å². The van der Waals surface area contributed by atoms with Crippen LogP contribution in [0.3, 0.4) is 0 Å². The Morgan fingerprint density at radius 3 is 2.90 bits per heavy atom. The van der Waals surface area contributed by atoms with Crippen LogP contribution in [0.4, 0.5) is 9.59 Å². The van der Waals surface area contributed by atoms with Gasteiger partial charge in [0.05, 0.1) is 6.54 Å². The van der Waals surface area contributed by atoms with Crippen LogP contribution >= 0.6 is 0 Å². The molecule has 0 aliphatic carbocycles. The number of hydrogen-bond donors (Lipinski definition) is 4. The van der Waals surface area contributed by atoms with E-state index in [1.807, 2.05) is 0 Å². The minimum atomic E-state index is -0.644. The summed E-state index contributed by atoms with van der Waals surface area (Å²) >= 11 is 0. The molecule has 56 valence electrons. The summed E-state index contributed by atoms with van der Waals surface area (Å²) in [6.07, 6.45) is -0.370. The second kappa shape index (κ2) is 2.42. The van der Waals surface area contributed by atoms with Gasteiger partial charge >= 0.3 is 12.1 Å². The molecule has 5 N–H and O–H groups in total. The predicted molar refractivity (Wildman–Crippen MR) is 33.0 cm³/mol. The van der Waals surface area contributed by atoms with Crippen LogP contribution in [0.15, 0.2) is 0 Å². The van der Waals surface area contributed by atoms with Gasteiger partial charge in [-0.15, -0.1) is 0 Å². The molecule has 1 aliphatic heterocycles. The van der Waals surface area contributed by atoms with E-state index in [1.54, 1.807) is 0 Å². The molecule has 0 aromatic rings. The molecule has 0 saturated carbocycles. The van der Waals surface area contributed by atoms with Gasteiger partial charge in [0.2, 0.25) is 0 Å². The van der Waals surface area contributed by atoms with Gasteiger partial charge in [0, 0.05) is 0 Å². The Kier molecular flexibility index (Phi) is 1.61. The summed E-state index contributed by atoms with van der Waals surface area (Å²) in [5, 5.41) is 7.19. The van der Waals surface area contributed by atoms with Gasteiger partial charge in [-0.05, 0) is 0 Å². The Morgan fingerprint density at radius 1 is 1.80 bits per heavy atom. The number of urea groups is 2. The normalized spacial score (nSPS) is 23.2. The molecule has 10 heavy (non-hydrogen) atoms. The molecule has 1 heterocycles. The van der Waals surface area contributed by atoms with Crippen LogP contribution in [0.1, 0.15) is 0 Å². The van der Waals surface area contributed by atoms with E-state index in [-0.39, 0.29) is 12.2 Å². The van der Waals surface area contributed by atoms with Crippen molar-refractivity contribution in [3.05, 3.63) is 0 Å². The summed E-state index contributed by atoms with van der Waals surface area (Å²) in [6.45, 7) is 0.377. The lowest BCUT2D eigenvalue weighted by Gasteiger charge is -2.06. The summed E-state index contributed by atoms with van der Waals surface area (Å²) in [4.78, 5) is 20.6. The maximum atomic E-state index is 10.4. The van der Waals surface area contributed by atoms with Gasteiger partial charge < -0.3 is 21.7 Å². The number of rotatable bonds is 1. The van der Waals surface area contributed by atoms with E-state index in [0.717, 1.165) is 0 Å². The molecule has 1 saturated heterocycles. The van der Waals surface area contributed by atoms with E-state index in [2.05, 4.69) is 16.0 Å². The highest BCUT2D eigenvalue weighted by Crippen LogP contribution is 1.83. The minimum absolute atomic E-state index is 0.293. The lowest BCUT2D eigenvalue weighted by Crippen LogP contribution is -2.46. The molecule has 1 fully saturated rings. The van der Waals surface area contributed by atoms with Crippen molar-refractivity contribution in [2.45, 2.75) is 6.17 Å². The topological polar surface area (TPSA) is 96.2 Å². The van der Waals surface area contributed by atoms with Gasteiger partial charge in [-0.3, -0.25) is 0 Å². The van der Waals surface area contributed by atoms with Crippen molar-refractivity contribution >= 4 is 12.1 Å². The first kappa shape index (κ1) is 6.66. The molecule has 0 bridgehead atoms. The minimum Gasteiger partial charge on any atom is -0.352 e. The molecule has 6 heteroatoms. The van der Waals surface area contributed by atoms with Gasteiger partial charge in [-0.25, -0.2) is 9.59 Å². The largest absolute Gasteiger partial charge is 0.352 e. The number of carbonyl (C=O) groups is 2. The summed E-state index contributed by atoms with van der Waals surface area (Å²) in [6, 6.07) is -0.937. The van der Waals surface area contributed by atoms with Gasteiger partial charge in [0.25, 0.3) is 0 Å². The van der Waals surface area contributed by atoms with Crippen LogP contribution in [0.25, 0.3) is 0 Å². The van der Waals surface area contributed by atoms with Gasteiger partial charge in [0.15, 0.2) is 0 Å². The summed E-state index contributed by atoms with van der Waals surface area (Å²) < 4.78 is 0. The third-order valence-electron chi connectivity index (χ3n) is 1.09. The number of primary amides is 1. The second-order valence-electron chi connectivity index (χ2n) is 1.92. The number of hydrogen-bond acceptors (Lipinski definition) is 2. The molecule has 0 radical (unpaired) electrons. The van der Waals surface area contributed by atoms with Crippen molar-refractivity contribution in [3.63, 3.8) is 0 Å². The highest BCUT2D eigenvalue weighted by Gasteiger charge is 2.19. The summed E-state index contributed by atoms with van der Waals surface area (Å²) in [5.41, 5.74) is 4.79. The molecule has 1 unspecified atom stereocenters. The van der Waals surface area contributed by atoms with Crippen molar-refractivity contribution in [1.29, 1.82) is 0 Å². The highest BCUT2D eigenvalue weighted by molar-refractivity contribution is 5.78. The van der Waals surface area contributed by atoms with Crippen molar-refractivity contribution in [1.82, 2.24) is 16.0 Å². The van der Waals surface area contributed by atoms with E-state index in [4.69, 9.17) is 5.73 Å². The predicted octanol–water partition coefficient (Wildman–Crippen LogP) is -1.71. The molecule has 1 atom stereocenters. The Labute approximate surface area is 57.1 Å². The standard InChI is InChI=1S/C4H8N4O2/c5-3(9)7-2-1-6-4(10)8-2/h2H,1H2,(H3,5,7,9)(H2,6,8,10). The van der Waals surface area contributed by atoms with Crippen LogP contribution in [0, 0.1) is 0 Å². The molecule has 0 aromatic carbocycles. The molecular formula is C4H8N4O2. The molecule has 4 amide bonds. The lowest BCUT2D eigenvalue weighted by atomic mass is 10.5. The fourth-order valence-electron chi connectivity index (χ4n) is 0.714. The van der Waals surface area contributed by atoms with E-state index in [9.17, 15) is 9.59 Å². The SMILES string of the molecule is NC(=O)NC1CNC(=O)N1. The number of nitrogens with two attached hydrogens (primary N) is 1. The second-order valence-corrected chi connectivity index (χ2v) is 1.92. The molecule has 0 spiro atoms. The monoisotopic (exact) mass is 144 g/mol. The summed E-state index contributed by atoms with van der Waals surface area (Å²) in [7, 11) is 0. The average molecular weight is 144 g/mol. The zero-order chi connectivity index (χ0) is 7.56. The maximum absolute atomic E-state index is 10.4. The van der Waals surface area contributed by atoms with Crippen molar-refractivity contribution in [2.24, 2.45) is 5.73 Å². The smallest absolute Gasteiger partial charge is 0.316 e. The summed E-state index contributed by atoms with van der Waals surface area (Å²) in [5.74, 6) is 0. The Balaban J connectivity index is 2.31. The molecule has 0 aromatic heterocycles. The van der Waals surface area contributed by atoms with Crippen LogP contribution < -0.4 is 21.7 Å². The fourth-order valence-corrected chi connectivity index (χ4v) is 0.714. The van der Waals surface area contributed by atoms with Gasteiger partial charge in [-0.2, -0.15) is 0 Å². The lowest BCUT2D eigenvalue weighted by molar-refractivity contribution is 0.242. The first-order chi connectivity index (χ1) is 4.68. The van der Waals surface area contributed by atoms with Crippen molar-refractivity contribution < 1.29 is 9.59 Å². The van der Waals surface area contributed by atoms with Crippen LogP contribution in [-0.2, 0) is 0 Å². The van der Waals surface area contributed by atoms with Crippen molar-refractivity contribution in [2.75, 3.05) is 6.54 Å². The molecule has 1 aliphatic rings. The number of amides is 4. The van der Waals surface area contributed by atoms with Crippen LogP contribution in [0.2, 0.25) is 0 Å². The van der Waals surface area contributed by atoms with E-state index in [0.29, 0.717) is 6.54 Å². The number of carbonyl (C=O) groups excluding carboxylic acids is 2. The first-order valence-corrected chi connectivity index (χ1v) is 2.79. The average Bonchev–Trinajstić information content (AvgIpc) is 2.13. The van der Waals surface area contributed by atoms with Crippen molar-refractivity contribution in [3.8, 4) is 0 Å². The Hall–Kier alpha value is -1.46. The molecule has 1 rings (SSSR count). The number of nitrogens with one attached hydrogen (secondary N) is 3. The Morgan fingerprint density at radius 2 is 2.50 bits per heavy atom. The maximum Gasteiger partial charge on any atom is 0.316 e. The molecular weight excluding hydrogens is 136 g/mol.